The second kappa shape index (κ2) is 5.16. The minimum Gasteiger partial charge on any atom is -0.467 e. The fourth-order valence-corrected chi connectivity index (χ4v) is 3.86. The second-order valence-corrected chi connectivity index (χ2v) is 6.08. The summed E-state index contributed by atoms with van der Waals surface area (Å²) in [5.41, 5.74) is 0. The van der Waals surface area contributed by atoms with E-state index in [1.54, 1.807) is 13.3 Å². The molecule has 104 valence electrons. The number of hydrogen-bond acceptors (Lipinski definition) is 4. The van der Waals surface area contributed by atoms with Gasteiger partial charge in [0.05, 0.1) is 13.3 Å². The van der Waals surface area contributed by atoms with Crippen molar-refractivity contribution >= 4 is 17.4 Å². The summed E-state index contributed by atoms with van der Waals surface area (Å²) >= 11 is 6.29. The zero-order chi connectivity index (χ0) is 13.4. The summed E-state index contributed by atoms with van der Waals surface area (Å²) in [5, 5.41) is 0.624. The molecule has 0 radical (unpaired) electrons. The fourth-order valence-electron chi connectivity index (χ4n) is 3.66. The topological polar surface area (TPSA) is 38.2 Å². The molecule has 0 bridgehead atoms. The van der Waals surface area contributed by atoms with E-state index >= 15 is 0 Å². The predicted octanol–water partition coefficient (Wildman–Crippen LogP) is 3.15. The number of anilines is 1. The number of rotatable bonds is 2. The molecule has 1 aromatic rings. The Morgan fingerprint density at radius 3 is 2.95 bits per heavy atom. The van der Waals surface area contributed by atoms with E-state index in [4.69, 9.17) is 16.3 Å². The van der Waals surface area contributed by atoms with Crippen LogP contribution in [0.25, 0.3) is 0 Å². The van der Waals surface area contributed by atoms with E-state index < -0.39 is 0 Å². The predicted molar refractivity (Wildman–Crippen MR) is 75.9 cm³/mol. The van der Waals surface area contributed by atoms with E-state index in [1.807, 2.05) is 0 Å². The molecule has 1 aliphatic carbocycles. The maximum absolute atomic E-state index is 6.29. The average molecular weight is 282 g/mol. The molecule has 3 unspecified atom stereocenters. The minimum absolute atomic E-state index is 0.395. The molecule has 4 nitrogen and oxygen atoms in total. The third kappa shape index (κ3) is 2.27. The monoisotopic (exact) mass is 281 g/mol. The van der Waals surface area contributed by atoms with Crippen molar-refractivity contribution in [1.29, 1.82) is 0 Å². The molecule has 19 heavy (non-hydrogen) atoms. The summed E-state index contributed by atoms with van der Waals surface area (Å²) in [7, 11) is 1.59. The van der Waals surface area contributed by atoms with Crippen LogP contribution >= 0.6 is 11.6 Å². The standard InChI is InChI=1S/C14H20ClN3O/c1-9-8-18(12-6-4-3-5-10(9)12)13-11(15)7-16-14(17-13)19-2/h7,9-10,12H,3-6,8H2,1-2H3. The molecule has 2 fully saturated rings. The Morgan fingerprint density at radius 1 is 1.37 bits per heavy atom. The molecule has 1 saturated heterocycles. The first-order valence-corrected chi connectivity index (χ1v) is 7.41. The van der Waals surface area contributed by atoms with Crippen molar-refractivity contribution in [3.63, 3.8) is 0 Å². The normalized spacial score (nSPS) is 30.3. The molecule has 0 aromatic carbocycles. The van der Waals surface area contributed by atoms with Gasteiger partial charge >= 0.3 is 6.01 Å². The van der Waals surface area contributed by atoms with Crippen molar-refractivity contribution < 1.29 is 4.74 Å². The summed E-state index contributed by atoms with van der Waals surface area (Å²) < 4.78 is 5.12. The van der Waals surface area contributed by atoms with Crippen LogP contribution in [-0.2, 0) is 0 Å². The Balaban J connectivity index is 1.93. The van der Waals surface area contributed by atoms with Crippen molar-refractivity contribution in [2.24, 2.45) is 11.8 Å². The van der Waals surface area contributed by atoms with Crippen LogP contribution in [0.2, 0.25) is 5.02 Å². The van der Waals surface area contributed by atoms with E-state index in [0.29, 0.717) is 23.0 Å². The average Bonchev–Trinajstić information content (AvgIpc) is 2.77. The molecule has 0 amide bonds. The van der Waals surface area contributed by atoms with Gasteiger partial charge < -0.3 is 9.64 Å². The number of ether oxygens (including phenoxy) is 1. The van der Waals surface area contributed by atoms with E-state index in [1.165, 1.54) is 25.7 Å². The molecular formula is C14H20ClN3O. The van der Waals surface area contributed by atoms with Crippen molar-refractivity contribution in [2.75, 3.05) is 18.6 Å². The highest BCUT2D eigenvalue weighted by molar-refractivity contribution is 6.32. The van der Waals surface area contributed by atoms with E-state index in [-0.39, 0.29) is 0 Å². The maximum Gasteiger partial charge on any atom is 0.318 e. The summed E-state index contributed by atoms with van der Waals surface area (Å²) in [6, 6.07) is 0.979. The highest BCUT2D eigenvalue weighted by atomic mass is 35.5. The van der Waals surface area contributed by atoms with Crippen molar-refractivity contribution in [3.05, 3.63) is 11.2 Å². The lowest BCUT2D eigenvalue weighted by Gasteiger charge is -2.33. The number of fused-ring (bicyclic) bond motifs is 1. The molecule has 2 aliphatic rings. The van der Waals surface area contributed by atoms with Crippen LogP contribution in [0.4, 0.5) is 5.82 Å². The van der Waals surface area contributed by atoms with Crippen LogP contribution in [-0.4, -0.2) is 29.7 Å². The highest BCUT2D eigenvalue weighted by Gasteiger charge is 2.41. The third-order valence-electron chi connectivity index (χ3n) is 4.56. The van der Waals surface area contributed by atoms with Gasteiger partial charge in [-0.2, -0.15) is 4.98 Å². The van der Waals surface area contributed by atoms with Crippen molar-refractivity contribution in [3.8, 4) is 6.01 Å². The number of nitrogens with zero attached hydrogens (tertiary/aromatic N) is 3. The molecule has 5 heteroatoms. The Morgan fingerprint density at radius 2 is 2.16 bits per heavy atom. The van der Waals surface area contributed by atoms with Crippen LogP contribution in [0.15, 0.2) is 6.20 Å². The molecule has 3 rings (SSSR count). The first-order valence-electron chi connectivity index (χ1n) is 7.04. The molecule has 0 N–H and O–H groups in total. The summed E-state index contributed by atoms with van der Waals surface area (Å²) in [6.07, 6.45) is 6.90. The SMILES string of the molecule is COc1ncc(Cl)c(N2CC(C)C3CCCCC32)n1. The molecule has 1 aromatic heterocycles. The Bertz CT molecular complexity index is 468. The number of aromatic nitrogens is 2. The van der Waals surface area contributed by atoms with Gasteiger partial charge in [0.25, 0.3) is 0 Å². The first-order chi connectivity index (χ1) is 9.20. The third-order valence-corrected chi connectivity index (χ3v) is 4.82. The van der Waals surface area contributed by atoms with E-state index in [9.17, 15) is 0 Å². The van der Waals surface area contributed by atoms with Gasteiger partial charge in [0.15, 0.2) is 5.82 Å². The molecule has 1 aliphatic heterocycles. The Kier molecular flexibility index (Phi) is 3.52. The lowest BCUT2D eigenvalue weighted by molar-refractivity contribution is 0.293. The summed E-state index contributed by atoms with van der Waals surface area (Å²) in [6.45, 7) is 3.38. The van der Waals surface area contributed by atoms with Gasteiger partial charge in [0.2, 0.25) is 0 Å². The fraction of sp³-hybridized carbons (Fsp3) is 0.714. The highest BCUT2D eigenvalue weighted by Crippen LogP contribution is 2.43. The lowest BCUT2D eigenvalue weighted by atomic mass is 9.80. The van der Waals surface area contributed by atoms with Gasteiger partial charge in [-0.1, -0.05) is 31.4 Å². The molecule has 1 saturated carbocycles. The quantitative estimate of drug-likeness (QED) is 0.835. The zero-order valence-electron chi connectivity index (χ0n) is 11.5. The van der Waals surface area contributed by atoms with Gasteiger partial charge in [-0.15, -0.1) is 0 Å². The zero-order valence-corrected chi connectivity index (χ0v) is 12.2. The van der Waals surface area contributed by atoms with Crippen molar-refractivity contribution in [2.45, 2.75) is 38.6 Å². The first kappa shape index (κ1) is 13.0. The summed E-state index contributed by atoms with van der Waals surface area (Å²) in [4.78, 5) is 10.9. The van der Waals surface area contributed by atoms with Gasteiger partial charge in [-0.25, -0.2) is 4.98 Å². The van der Waals surface area contributed by atoms with Crippen LogP contribution < -0.4 is 9.64 Å². The van der Waals surface area contributed by atoms with E-state index in [2.05, 4.69) is 21.8 Å². The number of methoxy groups -OCH3 is 1. The van der Waals surface area contributed by atoms with Gasteiger partial charge in [0, 0.05) is 12.6 Å². The molecular weight excluding hydrogens is 262 g/mol. The molecule has 3 atom stereocenters. The Hall–Kier alpha value is -1.03. The molecule has 0 spiro atoms. The van der Waals surface area contributed by atoms with Crippen LogP contribution in [0.3, 0.4) is 0 Å². The second-order valence-electron chi connectivity index (χ2n) is 5.67. The van der Waals surface area contributed by atoms with Crippen LogP contribution in [0.5, 0.6) is 6.01 Å². The molecule has 2 heterocycles. The largest absolute Gasteiger partial charge is 0.467 e. The summed E-state index contributed by atoms with van der Waals surface area (Å²) in [5.74, 6) is 2.34. The van der Waals surface area contributed by atoms with Gasteiger partial charge in [0.1, 0.15) is 5.02 Å². The van der Waals surface area contributed by atoms with Gasteiger partial charge in [-0.3, -0.25) is 0 Å². The minimum atomic E-state index is 0.395. The number of halogens is 1. The van der Waals surface area contributed by atoms with Gasteiger partial charge in [-0.05, 0) is 24.7 Å². The van der Waals surface area contributed by atoms with E-state index in [0.717, 1.165) is 18.3 Å². The Labute approximate surface area is 119 Å². The van der Waals surface area contributed by atoms with Crippen LogP contribution in [0, 0.1) is 11.8 Å². The van der Waals surface area contributed by atoms with Crippen molar-refractivity contribution in [1.82, 2.24) is 9.97 Å². The maximum atomic E-state index is 6.29. The van der Waals surface area contributed by atoms with Crippen LogP contribution in [0.1, 0.15) is 32.6 Å². The smallest absolute Gasteiger partial charge is 0.318 e. The number of hydrogen-bond donors (Lipinski definition) is 0. The lowest BCUT2D eigenvalue weighted by Crippen LogP contribution is -2.35.